The lowest BCUT2D eigenvalue weighted by Gasteiger charge is -2.28. The van der Waals surface area contributed by atoms with E-state index in [0.29, 0.717) is 23.6 Å². The van der Waals surface area contributed by atoms with Crippen LogP contribution in [0.25, 0.3) is 0 Å². The molecule has 0 saturated carbocycles. The zero-order valence-corrected chi connectivity index (χ0v) is 21.6. The highest BCUT2D eigenvalue weighted by molar-refractivity contribution is 6.14. The normalized spacial score (nSPS) is 18.5. The first-order chi connectivity index (χ1) is 17.3. The van der Waals surface area contributed by atoms with Gasteiger partial charge in [-0.3, -0.25) is 4.79 Å². The van der Waals surface area contributed by atoms with E-state index in [1.165, 1.54) is 5.01 Å². The molecule has 0 bridgehead atoms. The average molecular weight is 494 g/mol. The molecule has 1 saturated heterocycles. The Morgan fingerprint density at radius 3 is 2.28 bits per heavy atom. The zero-order chi connectivity index (χ0) is 25.8. The Morgan fingerprint density at radius 2 is 1.67 bits per heavy atom. The van der Waals surface area contributed by atoms with Gasteiger partial charge in [0.2, 0.25) is 5.91 Å². The average Bonchev–Trinajstić information content (AvgIpc) is 3.03. The predicted octanol–water partition coefficient (Wildman–Crippen LogP) is 3.32. The smallest absolute Gasteiger partial charge is 0.337 e. The number of amides is 3. The lowest BCUT2D eigenvalue weighted by molar-refractivity contribution is -0.121. The maximum atomic E-state index is 12.8. The molecule has 2 aromatic rings. The molecule has 0 aromatic heterocycles. The summed E-state index contributed by atoms with van der Waals surface area (Å²) in [7, 11) is 6.88. The molecule has 4 rings (SSSR count). The van der Waals surface area contributed by atoms with Crippen molar-refractivity contribution in [1.29, 1.82) is 0 Å². The molecule has 9 nitrogen and oxygen atoms in total. The maximum absolute atomic E-state index is 12.8. The van der Waals surface area contributed by atoms with Gasteiger partial charge in [0.1, 0.15) is 0 Å². The number of methoxy groups -OCH3 is 2. The number of carbonyl (C=O) groups excluding carboxylic acids is 2. The molecular weight excluding hydrogens is 458 g/mol. The van der Waals surface area contributed by atoms with Crippen LogP contribution in [0, 0.1) is 5.92 Å². The standard InChI is InChI=1S/C27H35N5O4/c1-17-14-20-15-23(35-4)24(36-5)16-22(20)25(30-32(17)27(34)28-2)18-6-8-21(9-7-18)29-26(33)19-10-12-31(3)13-11-19/h6-9,15-17,19H,10-14H2,1-5H3,(H,28,34)(H,29,33)/t17-/m1/s1. The Balaban J connectivity index is 1.67. The number of hydrogen-bond acceptors (Lipinski definition) is 6. The molecule has 2 aliphatic heterocycles. The molecule has 3 amide bonds. The van der Waals surface area contributed by atoms with Gasteiger partial charge in [0, 0.05) is 29.8 Å². The van der Waals surface area contributed by atoms with Crippen LogP contribution in [0.2, 0.25) is 0 Å². The second-order valence-corrected chi connectivity index (χ2v) is 9.41. The van der Waals surface area contributed by atoms with Crippen LogP contribution in [0.3, 0.4) is 0 Å². The Labute approximate surface area is 212 Å². The molecule has 2 aliphatic rings. The van der Waals surface area contributed by atoms with Gasteiger partial charge in [0.25, 0.3) is 0 Å². The molecule has 0 spiro atoms. The largest absolute Gasteiger partial charge is 0.493 e. The SMILES string of the molecule is CNC(=O)N1N=C(c2ccc(NC(=O)C3CCN(C)CC3)cc2)c2cc(OC)c(OC)cc2C[C@H]1C. The Kier molecular flexibility index (Phi) is 7.79. The maximum Gasteiger partial charge on any atom is 0.337 e. The number of rotatable bonds is 5. The number of nitrogens with zero attached hydrogens (tertiary/aromatic N) is 3. The van der Waals surface area contributed by atoms with Crippen LogP contribution in [0.1, 0.15) is 36.5 Å². The molecule has 0 aliphatic carbocycles. The van der Waals surface area contributed by atoms with Crippen LogP contribution in [-0.4, -0.2) is 75.0 Å². The van der Waals surface area contributed by atoms with Gasteiger partial charge in [-0.1, -0.05) is 12.1 Å². The number of hydrogen-bond donors (Lipinski definition) is 2. The van der Waals surface area contributed by atoms with E-state index < -0.39 is 0 Å². The van der Waals surface area contributed by atoms with E-state index in [2.05, 4.69) is 22.6 Å². The number of carbonyl (C=O) groups is 2. The van der Waals surface area contributed by atoms with E-state index >= 15 is 0 Å². The quantitative estimate of drug-likeness (QED) is 0.666. The molecule has 9 heteroatoms. The summed E-state index contributed by atoms with van der Waals surface area (Å²) in [6.45, 7) is 3.83. The summed E-state index contributed by atoms with van der Waals surface area (Å²) in [5, 5.41) is 12.0. The van der Waals surface area contributed by atoms with E-state index in [4.69, 9.17) is 14.6 Å². The second kappa shape index (κ2) is 11.0. The minimum atomic E-state index is -0.284. The van der Waals surface area contributed by atoms with Gasteiger partial charge in [-0.15, -0.1) is 0 Å². The monoisotopic (exact) mass is 493 g/mol. The van der Waals surface area contributed by atoms with Crippen LogP contribution in [0.15, 0.2) is 41.5 Å². The van der Waals surface area contributed by atoms with E-state index in [-0.39, 0.29) is 23.9 Å². The zero-order valence-electron chi connectivity index (χ0n) is 21.6. The third-order valence-corrected chi connectivity index (χ3v) is 6.94. The van der Waals surface area contributed by atoms with Crippen molar-refractivity contribution in [2.75, 3.05) is 46.7 Å². The van der Waals surface area contributed by atoms with Gasteiger partial charge in [-0.25, -0.2) is 9.80 Å². The molecular formula is C27H35N5O4. The highest BCUT2D eigenvalue weighted by Gasteiger charge is 2.28. The number of piperidine rings is 1. The molecule has 192 valence electrons. The topological polar surface area (TPSA) is 95.5 Å². The Bertz CT molecular complexity index is 1140. The Morgan fingerprint density at radius 1 is 1.03 bits per heavy atom. The van der Waals surface area contributed by atoms with Crippen LogP contribution in [0.4, 0.5) is 10.5 Å². The van der Waals surface area contributed by atoms with Crippen LogP contribution < -0.4 is 20.1 Å². The summed E-state index contributed by atoms with van der Waals surface area (Å²) in [6, 6.07) is 11.0. The van der Waals surface area contributed by atoms with Gasteiger partial charge in [0.05, 0.1) is 26.0 Å². The number of likely N-dealkylation sites (tertiary alicyclic amines) is 1. The van der Waals surface area contributed by atoms with Crippen molar-refractivity contribution in [3.63, 3.8) is 0 Å². The fourth-order valence-corrected chi connectivity index (χ4v) is 4.78. The summed E-state index contributed by atoms with van der Waals surface area (Å²) in [6.07, 6.45) is 2.33. The summed E-state index contributed by atoms with van der Waals surface area (Å²) in [4.78, 5) is 27.7. The lowest BCUT2D eigenvalue weighted by atomic mass is 9.93. The summed E-state index contributed by atoms with van der Waals surface area (Å²) in [5.41, 5.74) is 4.08. The molecule has 2 heterocycles. The first-order valence-corrected chi connectivity index (χ1v) is 12.3. The first kappa shape index (κ1) is 25.5. The molecule has 0 radical (unpaired) electrons. The number of fused-ring (bicyclic) bond motifs is 1. The van der Waals surface area contributed by atoms with E-state index in [1.54, 1.807) is 21.3 Å². The van der Waals surface area contributed by atoms with Crippen molar-refractivity contribution in [3.05, 3.63) is 53.1 Å². The predicted molar refractivity (Wildman–Crippen MR) is 140 cm³/mol. The van der Waals surface area contributed by atoms with Crippen molar-refractivity contribution in [2.45, 2.75) is 32.2 Å². The van der Waals surface area contributed by atoms with Crippen LogP contribution in [-0.2, 0) is 11.2 Å². The van der Waals surface area contributed by atoms with Crippen molar-refractivity contribution in [1.82, 2.24) is 15.2 Å². The Hall–Kier alpha value is -3.59. The second-order valence-electron chi connectivity index (χ2n) is 9.41. The summed E-state index contributed by atoms with van der Waals surface area (Å²) < 4.78 is 11.1. The minimum absolute atomic E-state index is 0.0315. The molecule has 1 atom stereocenters. The first-order valence-electron chi connectivity index (χ1n) is 12.3. The highest BCUT2D eigenvalue weighted by atomic mass is 16.5. The number of urea groups is 1. The minimum Gasteiger partial charge on any atom is -0.493 e. The fraction of sp³-hybridized carbons (Fsp3) is 0.444. The summed E-state index contributed by atoms with van der Waals surface area (Å²) in [5.74, 6) is 1.31. The fourth-order valence-electron chi connectivity index (χ4n) is 4.78. The van der Waals surface area contributed by atoms with Gasteiger partial charge in [-0.05, 0) is 76.2 Å². The van der Waals surface area contributed by atoms with Gasteiger partial charge >= 0.3 is 6.03 Å². The van der Waals surface area contributed by atoms with Crippen molar-refractivity contribution >= 4 is 23.3 Å². The molecule has 0 unspecified atom stereocenters. The van der Waals surface area contributed by atoms with Crippen LogP contribution in [0.5, 0.6) is 11.5 Å². The van der Waals surface area contributed by atoms with Crippen molar-refractivity contribution in [3.8, 4) is 11.5 Å². The highest BCUT2D eigenvalue weighted by Crippen LogP contribution is 2.34. The molecule has 36 heavy (non-hydrogen) atoms. The number of nitrogens with one attached hydrogen (secondary N) is 2. The number of ether oxygens (including phenoxy) is 2. The van der Waals surface area contributed by atoms with Crippen molar-refractivity contribution in [2.24, 2.45) is 11.0 Å². The number of anilines is 1. The van der Waals surface area contributed by atoms with E-state index in [0.717, 1.165) is 48.3 Å². The van der Waals surface area contributed by atoms with Crippen LogP contribution >= 0.6 is 0 Å². The van der Waals surface area contributed by atoms with Crippen molar-refractivity contribution < 1.29 is 19.1 Å². The molecule has 2 N–H and O–H groups in total. The third kappa shape index (κ3) is 5.31. The van der Waals surface area contributed by atoms with Gasteiger partial charge in [-0.2, -0.15) is 5.10 Å². The van der Waals surface area contributed by atoms with E-state index in [1.807, 2.05) is 43.3 Å². The molecule has 1 fully saturated rings. The van der Waals surface area contributed by atoms with Gasteiger partial charge < -0.3 is 25.0 Å². The van der Waals surface area contributed by atoms with Gasteiger partial charge in [0.15, 0.2) is 11.5 Å². The van der Waals surface area contributed by atoms with E-state index in [9.17, 15) is 9.59 Å². The summed E-state index contributed by atoms with van der Waals surface area (Å²) >= 11 is 0. The lowest BCUT2D eigenvalue weighted by Crippen LogP contribution is -2.41. The molecule has 2 aromatic carbocycles. The number of hydrazone groups is 1. The number of benzene rings is 2. The third-order valence-electron chi connectivity index (χ3n) is 6.94.